The third-order valence-corrected chi connectivity index (χ3v) is 5.57. The van der Waals surface area contributed by atoms with Gasteiger partial charge in [0, 0.05) is 36.7 Å². The van der Waals surface area contributed by atoms with Crippen LogP contribution in [0.3, 0.4) is 0 Å². The second kappa shape index (κ2) is 8.63. The summed E-state index contributed by atoms with van der Waals surface area (Å²) in [4.78, 5) is 24.2. The number of aromatic hydroxyl groups is 1. The number of phenols is 1. The number of benzene rings is 2. The molecule has 1 aliphatic rings. The number of anilines is 1. The molecule has 31 heavy (non-hydrogen) atoms. The van der Waals surface area contributed by atoms with Crippen LogP contribution in [0.1, 0.15) is 48.9 Å². The van der Waals surface area contributed by atoms with Crippen molar-refractivity contribution in [2.75, 3.05) is 5.32 Å². The van der Waals surface area contributed by atoms with Crippen LogP contribution < -0.4 is 10.6 Å². The SMILES string of the molecule is CC(=O)Nc1ccc(-c2cc(C3CCC3)n(C(=O)NCc3cccc(C)c3)n2)c(O)c1. The quantitative estimate of drug-likeness (QED) is 0.566. The van der Waals surface area contributed by atoms with Crippen molar-refractivity contribution in [3.8, 4) is 17.0 Å². The lowest BCUT2D eigenvalue weighted by molar-refractivity contribution is -0.114. The number of carbonyl (C=O) groups is 2. The maximum Gasteiger partial charge on any atom is 0.342 e. The summed E-state index contributed by atoms with van der Waals surface area (Å²) < 4.78 is 1.43. The minimum absolute atomic E-state index is 0.00349. The summed E-state index contributed by atoms with van der Waals surface area (Å²) in [5, 5.41) is 20.6. The second-order valence-corrected chi connectivity index (χ2v) is 8.05. The van der Waals surface area contributed by atoms with Gasteiger partial charge in [-0.25, -0.2) is 4.79 Å². The molecule has 2 amide bonds. The third kappa shape index (κ3) is 4.60. The van der Waals surface area contributed by atoms with Gasteiger partial charge in [0.05, 0.1) is 11.4 Å². The molecule has 1 aromatic heterocycles. The van der Waals surface area contributed by atoms with Gasteiger partial charge in [-0.3, -0.25) is 4.79 Å². The average Bonchev–Trinajstić information content (AvgIpc) is 3.09. The number of hydrogen-bond donors (Lipinski definition) is 3. The fourth-order valence-corrected chi connectivity index (χ4v) is 3.79. The van der Waals surface area contributed by atoms with Gasteiger partial charge >= 0.3 is 6.03 Å². The number of aromatic nitrogens is 2. The Morgan fingerprint density at radius 1 is 1.16 bits per heavy atom. The Hall–Kier alpha value is -3.61. The summed E-state index contributed by atoms with van der Waals surface area (Å²) in [6.45, 7) is 3.84. The van der Waals surface area contributed by atoms with Crippen molar-refractivity contribution in [2.45, 2.75) is 45.6 Å². The third-order valence-electron chi connectivity index (χ3n) is 5.57. The Kier molecular flexibility index (Phi) is 5.75. The highest BCUT2D eigenvalue weighted by molar-refractivity contribution is 5.89. The summed E-state index contributed by atoms with van der Waals surface area (Å²) in [5.74, 6) is 0.0666. The molecule has 0 aliphatic heterocycles. The minimum Gasteiger partial charge on any atom is -0.507 e. The van der Waals surface area contributed by atoms with Gasteiger partial charge in [-0.1, -0.05) is 36.2 Å². The first-order chi connectivity index (χ1) is 14.9. The van der Waals surface area contributed by atoms with Crippen molar-refractivity contribution < 1.29 is 14.7 Å². The van der Waals surface area contributed by atoms with Gasteiger partial charge in [-0.15, -0.1) is 0 Å². The highest BCUT2D eigenvalue weighted by Crippen LogP contribution is 2.39. The van der Waals surface area contributed by atoms with Gasteiger partial charge < -0.3 is 15.7 Å². The molecule has 7 nitrogen and oxygen atoms in total. The first-order valence-corrected chi connectivity index (χ1v) is 10.5. The van der Waals surface area contributed by atoms with Crippen LogP contribution in [0.5, 0.6) is 5.75 Å². The lowest BCUT2D eigenvalue weighted by atomic mass is 9.82. The minimum atomic E-state index is -0.288. The first-order valence-electron chi connectivity index (χ1n) is 10.5. The van der Waals surface area contributed by atoms with E-state index in [1.807, 2.05) is 37.3 Å². The van der Waals surface area contributed by atoms with Crippen LogP contribution in [0, 0.1) is 6.92 Å². The number of phenolic OH excluding ortho intramolecular Hbond substituents is 1. The maximum atomic E-state index is 13.0. The van der Waals surface area contributed by atoms with Crippen LogP contribution in [0.25, 0.3) is 11.3 Å². The van der Waals surface area contributed by atoms with E-state index in [1.54, 1.807) is 12.1 Å². The van der Waals surface area contributed by atoms with Crippen LogP contribution in [0.4, 0.5) is 10.5 Å². The Bertz CT molecular complexity index is 1130. The molecule has 2 aromatic carbocycles. The fourth-order valence-electron chi connectivity index (χ4n) is 3.79. The lowest BCUT2D eigenvalue weighted by Gasteiger charge is -2.25. The molecule has 3 N–H and O–H groups in total. The summed E-state index contributed by atoms with van der Waals surface area (Å²) >= 11 is 0. The Balaban J connectivity index is 1.59. The van der Waals surface area contributed by atoms with E-state index >= 15 is 0 Å². The van der Waals surface area contributed by atoms with E-state index in [4.69, 9.17) is 0 Å². The van der Waals surface area contributed by atoms with E-state index in [0.29, 0.717) is 23.5 Å². The summed E-state index contributed by atoms with van der Waals surface area (Å²) in [6, 6.07) is 14.5. The Morgan fingerprint density at radius 2 is 1.97 bits per heavy atom. The van der Waals surface area contributed by atoms with Crippen molar-refractivity contribution in [3.05, 3.63) is 65.4 Å². The van der Waals surface area contributed by atoms with E-state index < -0.39 is 0 Å². The molecule has 1 saturated carbocycles. The molecular formula is C24H26N4O3. The predicted molar refractivity (Wildman–Crippen MR) is 119 cm³/mol. The first kappa shape index (κ1) is 20.7. The van der Waals surface area contributed by atoms with Gasteiger partial charge in [-0.2, -0.15) is 9.78 Å². The van der Waals surface area contributed by atoms with Gasteiger partial charge in [0.25, 0.3) is 0 Å². The molecule has 0 bridgehead atoms. The Labute approximate surface area is 181 Å². The molecule has 1 fully saturated rings. The zero-order valence-electron chi connectivity index (χ0n) is 17.7. The molecule has 1 aliphatic carbocycles. The normalized spacial score (nSPS) is 13.5. The summed E-state index contributed by atoms with van der Waals surface area (Å²) in [6.07, 6.45) is 3.17. The number of hydrogen-bond acceptors (Lipinski definition) is 4. The molecule has 0 unspecified atom stereocenters. The molecule has 0 atom stereocenters. The van der Waals surface area contributed by atoms with Gasteiger partial charge in [0.2, 0.25) is 5.91 Å². The monoisotopic (exact) mass is 418 g/mol. The van der Waals surface area contributed by atoms with Crippen LogP contribution >= 0.6 is 0 Å². The number of nitrogens with one attached hydrogen (secondary N) is 2. The van der Waals surface area contributed by atoms with Crippen molar-refractivity contribution in [3.63, 3.8) is 0 Å². The standard InChI is InChI=1S/C24H26N4O3/c1-15-5-3-6-17(11-15)14-25-24(31)28-22(18-7-4-8-18)13-21(27-28)20-10-9-19(12-23(20)30)26-16(2)29/h3,5-6,9-13,18,30H,4,7-8,14H2,1-2H3,(H,25,31)(H,26,29). The average molecular weight is 418 g/mol. The van der Waals surface area contributed by atoms with E-state index in [-0.39, 0.29) is 23.6 Å². The summed E-state index contributed by atoms with van der Waals surface area (Å²) in [7, 11) is 0. The zero-order chi connectivity index (χ0) is 22.0. The van der Waals surface area contributed by atoms with E-state index in [2.05, 4.69) is 15.7 Å². The largest absolute Gasteiger partial charge is 0.507 e. The molecule has 0 spiro atoms. The van der Waals surface area contributed by atoms with Crippen molar-refractivity contribution in [1.29, 1.82) is 0 Å². The number of rotatable bonds is 5. The number of carbonyl (C=O) groups excluding carboxylic acids is 2. The molecule has 4 rings (SSSR count). The molecule has 3 aromatic rings. The lowest BCUT2D eigenvalue weighted by Crippen LogP contribution is -2.31. The molecule has 1 heterocycles. The van der Waals surface area contributed by atoms with Crippen LogP contribution in [-0.4, -0.2) is 26.8 Å². The topological polar surface area (TPSA) is 96.3 Å². The van der Waals surface area contributed by atoms with E-state index in [9.17, 15) is 14.7 Å². The Morgan fingerprint density at radius 3 is 2.61 bits per heavy atom. The second-order valence-electron chi connectivity index (χ2n) is 8.05. The fraction of sp³-hybridized carbons (Fsp3) is 0.292. The number of nitrogens with zero attached hydrogens (tertiary/aromatic N) is 2. The highest BCUT2D eigenvalue weighted by atomic mass is 16.3. The van der Waals surface area contributed by atoms with Crippen LogP contribution in [0.2, 0.25) is 0 Å². The van der Waals surface area contributed by atoms with Crippen LogP contribution in [-0.2, 0) is 11.3 Å². The molecule has 7 heteroatoms. The molecular weight excluding hydrogens is 392 g/mol. The number of aryl methyl sites for hydroxylation is 1. The maximum absolute atomic E-state index is 13.0. The van der Waals surface area contributed by atoms with Crippen molar-refractivity contribution in [2.24, 2.45) is 0 Å². The predicted octanol–water partition coefficient (Wildman–Crippen LogP) is 4.55. The summed E-state index contributed by atoms with van der Waals surface area (Å²) in [5.41, 5.74) is 4.56. The van der Waals surface area contributed by atoms with Crippen molar-refractivity contribution in [1.82, 2.24) is 15.1 Å². The van der Waals surface area contributed by atoms with Crippen molar-refractivity contribution >= 4 is 17.6 Å². The number of amides is 2. The molecule has 0 radical (unpaired) electrons. The smallest absolute Gasteiger partial charge is 0.342 e. The highest BCUT2D eigenvalue weighted by Gasteiger charge is 2.27. The van der Waals surface area contributed by atoms with Gasteiger partial charge in [0.15, 0.2) is 0 Å². The molecule has 0 saturated heterocycles. The van der Waals surface area contributed by atoms with E-state index in [0.717, 1.165) is 36.1 Å². The van der Waals surface area contributed by atoms with Gasteiger partial charge in [0.1, 0.15) is 5.75 Å². The molecule has 160 valence electrons. The van der Waals surface area contributed by atoms with E-state index in [1.165, 1.54) is 17.7 Å². The zero-order valence-corrected chi connectivity index (χ0v) is 17.7. The van der Waals surface area contributed by atoms with Crippen LogP contribution in [0.15, 0.2) is 48.5 Å². The van der Waals surface area contributed by atoms with Gasteiger partial charge in [-0.05, 0) is 43.5 Å².